The Bertz CT molecular complexity index is 2620. The van der Waals surface area contributed by atoms with Crippen molar-refractivity contribution in [3.05, 3.63) is 144 Å². The van der Waals surface area contributed by atoms with Crippen LogP contribution in [0.1, 0.15) is 79.0 Å². The van der Waals surface area contributed by atoms with E-state index in [9.17, 15) is 5.11 Å². The van der Waals surface area contributed by atoms with Crippen LogP contribution in [-0.2, 0) is 37.3 Å². The Morgan fingerprint density at radius 1 is 0.684 bits per heavy atom. The van der Waals surface area contributed by atoms with E-state index in [1.807, 2.05) is 12.3 Å². The Morgan fingerprint density at radius 3 is 1.98 bits per heavy atom. The SMILES string of the molecule is CN1B(c2ccccc2)[n+]2cc3cccc(-c4[c-]c(-c5cc(-c6ccccc6)ccn5)cc(C(C)(C)C)c4)c3nc2-c2c(O)c(C(C)(C)C)cc(C(C)(C)C)c21.[Pt]. The van der Waals surface area contributed by atoms with E-state index in [1.54, 1.807) is 0 Å². The van der Waals surface area contributed by atoms with Crippen molar-refractivity contribution in [2.75, 3.05) is 11.9 Å². The first kappa shape index (κ1) is 40.2. The second kappa shape index (κ2) is 14.7. The van der Waals surface area contributed by atoms with Gasteiger partial charge in [0.2, 0.25) is 0 Å². The summed E-state index contributed by atoms with van der Waals surface area (Å²) in [7, 11) is 2.15. The topological polar surface area (TPSA) is 53.1 Å². The summed E-state index contributed by atoms with van der Waals surface area (Å²) in [6.45, 7) is 19.8. The maximum Gasteiger partial charge on any atom is 0.537 e. The number of nitrogens with zero attached hydrogens (tertiary/aromatic N) is 4. The number of hydrogen-bond donors (Lipinski definition) is 1. The molecule has 5 nitrogen and oxygen atoms in total. The molecular weight excluding hydrogens is 878 g/mol. The van der Waals surface area contributed by atoms with Gasteiger partial charge in [0.1, 0.15) is 11.3 Å². The molecular formula is C50H51BN4OPt. The number of hydrogen-bond acceptors (Lipinski definition) is 4. The van der Waals surface area contributed by atoms with E-state index in [2.05, 4.69) is 194 Å². The summed E-state index contributed by atoms with van der Waals surface area (Å²) in [5, 5.41) is 13.4. The summed E-state index contributed by atoms with van der Waals surface area (Å²) in [5.74, 6) is 1.02. The molecule has 1 N–H and O–H groups in total. The third-order valence-electron chi connectivity index (χ3n) is 11.2. The van der Waals surface area contributed by atoms with E-state index in [4.69, 9.17) is 9.97 Å². The summed E-state index contributed by atoms with van der Waals surface area (Å²) in [4.78, 5) is 12.8. The van der Waals surface area contributed by atoms with Crippen LogP contribution in [0.5, 0.6) is 5.75 Å². The molecule has 0 atom stereocenters. The summed E-state index contributed by atoms with van der Waals surface area (Å²) >= 11 is 0. The Kier molecular flexibility index (Phi) is 10.4. The maximum atomic E-state index is 12.4. The van der Waals surface area contributed by atoms with Gasteiger partial charge in [0.25, 0.3) is 0 Å². The molecule has 0 fully saturated rings. The third-order valence-corrected chi connectivity index (χ3v) is 11.2. The average Bonchev–Trinajstić information content (AvgIpc) is 3.16. The van der Waals surface area contributed by atoms with E-state index >= 15 is 0 Å². The Morgan fingerprint density at radius 2 is 1.33 bits per heavy atom. The van der Waals surface area contributed by atoms with Crippen LogP contribution in [-0.4, -0.2) is 29.1 Å². The number of benzene rings is 5. The molecule has 2 aromatic heterocycles. The molecule has 3 heterocycles. The van der Waals surface area contributed by atoms with Crippen LogP contribution in [0.2, 0.25) is 0 Å². The minimum absolute atomic E-state index is 0. The molecule has 290 valence electrons. The molecule has 57 heavy (non-hydrogen) atoms. The van der Waals surface area contributed by atoms with Gasteiger partial charge in [-0.15, -0.1) is 29.3 Å². The number of anilines is 1. The third kappa shape index (κ3) is 7.34. The largest absolute Gasteiger partial charge is 0.537 e. The molecule has 8 rings (SSSR count). The van der Waals surface area contributed by atoms with Gasteiger partial charge in [-0.3, -0.25) is 9.46 Å². The number of phenols is 1. The van der Waals surface area contributed by atoms with Crippen molar-refractivity contribution in [1.29, 1.82) is 0 Å². The van der Waals surface area contributed by atoms with E-state index in [1.165, 1.54) is 11.1 Å². The van der Waals surface area contributed by atoms with Gasteiger partial charge in [-0.1, -0.05) is 147 Å². The van der Waals surface area contributed by atoms with Crippen LogP contribution in [0.4, 0.5) is 5.69 Å². The molecule has 0 saturated carbocycles. The van der Waals surface area contributed by atoms with E-state index in [0.29, 0.717) is 0 Å². The molecule has 7 aromatic rings. The zero-order valence-corrected chi connectivity index (χ0v) is 36.9. The second-order valence-electron chi connectivity index (χ2n) is 18.4. The number of rotatable bonds is 4. The molecule has 0 spiro atoms. The predicted molar refractivity (Wildman–Crippen MR) is 234 cm³/mol. The Hall–Kier alpha value is -5.06. The number of aromatic nitrogens is 3. The van der Waals surface area contributed by atoms with Gasteiger partial charge in [-0.2, -0.15) is 0 Å². The summed E-state index contributed by atoms with van der Waals surface area (Å²) in [6, 6.07) is 42.2. The van der Waals surface area contributed by atoms with Crippen molar-refractivity contribution in [3.63, 3.8) is 0 Å². The minimum Gasteiger partial charge on any atom is -0.507 e. The first-order valence-corrected chi connectivity index (χ1v) is 19.6. The second-order valence-corrected chi connectivity index (χ2v) is 18.4. The van der Waals surface area contributed by atoms with E-state index in [0.717, 1.165) is 72.5 Å². The monoisotopic (exact) mass is 929 g/mol. The van der Waals surface area contributed by atoms with Crippen molar-refractivity contribution in [2.24, 2.45) is 0 Å². The minimum atomic E-state index is -0.300. The molecule has 1 aliphatic heterocycles. The van der Waals surface area contributed by atoms with Crippen LogP contribution in [0, 0.1) is 6.07 Å². The van der Waals surface area contributed by atoms with E-state index in [-0.39, 0.29) is 50.0 Å². The van der Waals surface area contributed by atoms with Crippen molar-refractivity contribution >= 4 is 29.0 Å². The molecule has 1 aliphatic rings. The fraction of sp³-hybridized carbons (Fsp3) is 0.260. The quantitative estimate of drug-likeness (QED) is 0.141. The molecule has 0 saturated heterocycles. The van der Waals surface area contributed by atoms with Gasteiger partial charge in [0.15, 0.2) is 5.52 Å². The van der Waals surface area contributed by atoms with Crippen LogP contribution < -0.4 is 14.8 Å². The van der Waals surface area contributed by atoms with Crippen LogP contribution in [0.25, 0.3) is 55.8 Å². The van der Waals surface area contributed by atoms with Crippen molar-refractivity contribution < 1.29 is 30.6 Å². The molecule has 7 heteroatoms. The molecule has 0 amide bonds. The molecule has 0 bridgehead atoms. The Labute approximate surface area is 353 Å². The fourth-order valence-corrected chi connectivity index (χ4v) is 8.13. The van der Waals surface area contributed by atoms with Gasteiger partial charge >= 0.3 is 12.8 Å². The fourth-order valence-electron chi connectivity index (χ4n) is 8.13. The van der Waals surface area contributed by atoms with Gasteiger partial charge in [-0.25, -0.2) is 0 Å². The first-order chi connectivity index (χ1) is 26.5. The molecule has 5 aromatic carbocycles. The zero-order chi connectivity index (χ0) is 39.7. The summed E-state index contributed by atoms with van der Waals surface area (Å²) < 4.78 is 2.25. The predicted octanol–water partition coefficient (Wildman–Crippen LogP) is 10.7. The number of aromatic hydroxyl groups is 1. The van der Waals surface area contributed by atoms with Crippen molar-refractivity contribution in [2.45, 2.75) is 78.6 Å². The normalized spacial score (nSPS) is 12.9. The van der Waals surface area contributed by atoms with E-state index < -0.39 is 0 Å². The van der Waals surface area contributed by atoms with Gasteiger partial charge in [0.05, 0.1) is 17.3 Å². The standard InChI is InChI=1S/C50H50BN4O.Pt/c1-48(2,3)37-27-35(26-36(28-37)42-29-33(24-25-52-42)32-18-13-11-14-19-32)39-23-17-20-34-31-55-47(53-44(34)39)43-45(54(10)51(55)38-21-15-12-16-22-38)40(49(4,5)6)30-41(46(43)56)50(7,8)9;/h11-25,27-31H,1-10H3;/q-1;/p+1. The summed E-state index contributed by atoms with van der Waals surface area (Å²) in [6.07, 6.45) is 4.11. The smallest absolute Gasteiger partial charge is 0.507 e. The van der Waals surface area contributed by atoms with Gasteiger partial charge in [-0.05, 0) is 74.2 Å². The average molecular weight is 930 g/mol. The van der Waals surface area contributed by atoms with Crippen molar-refractivity contribution in [1.82, 2.24) is 9.97 Å². The zero-order valence-electron chi connectivity index (χ0n) is 34.7. The van der Waals surface area contributed by atoms with Crippen LogP contribution in [0.15, 0.2) is 122 Å². The summed E-state index contributed by atoms with van der Waals surface area (Å²) in [5.41, 5.74) is 12.4. The number of para-hydroxylation sites is 1. The maximum absolute atomic E-state index is 12.4. The first-order valence-electron chi connectivity index (χ1n) is 19.6. The molecule has 0 unspecified atom stereocenters. The van der Waals surface area contributed by atoms with Crippen LogP contribution in [0.3, 0.4) is 0 Å². The Balaban J connectivity index is 0.00000496. The van der Waals surface area contributed by atoms with Crippen LogP contribution >= 0.6 is 0 Å². The molecule has 0 radical (unpaired) electrons. The van der Waals surface area contributed by atoms with Gasteiger partial charge < -0.3 is 9.92 Å². The van der Waals surface area contributed by atoms with Gasteiger partial charge in [0, 0.05) is 38.5 Å². The number of pyridine rings is 1. The molecule has 0 aliphatic carbocycles. The number of fused-ring (bicyclic) bond motifs is 4. The number of phenolic OH excluding ortho intramolecular Hbond substituents is 1. The van der Waals surface area contributed by atoms with Crippen molar-refractivity contribution in [3.8, 4) is 50.6 Å².